The molecule has 2 atom stereocenters. The zero-order valence-corrected chi connectivity index (χ0v) is 16.5. The van der Waals surface area contributed by atoms with Crippen LogP contribution in [0.3, 0.4) is 0 Å². The molecule has 1 aromatic carbocycles. The van der Waals surface area contributed by atoms with Crippen molar-refractivity contribution < 1.29 is 14.4 Å². The van der Waals surface area contributed by atoms with Gasteiger partial charge in [0.15, 0.2) is 0 Å². The van der Waals surface area contributed by atoms with Crippen LogP contribution in [0.25, 0.3) is 0 Å². The van der Waals surface area contributed by atoms with Crippen molar-refractivity contribution in [3.05, 3.63) is 47.3 Å². The maximum atomic E-state index is 12.1. The van der Waals surface area contributed by atoms with E-state index in [0.717, 1.165) is 22.7 Å². The van der Waals surface area contributed by atoms with Crippen LogP contribution in [0.2, 0.25) is 0 Å². The van der Waals surface area contributed by atoms with Gasteiger partial charge in [0.2, 0.25) is 5.17 Å². The molecular formula is C18H20N6O3S. The normalized spacial score (nSPS) is 22.0. The number of rotatable bonds is 5. The summed E-state index contributed by atoms with van der Waals surface area (Å²) in [7, 11) is 1.63. The average molecular weight is 400 g/mol. The van der Waals surface area contributed by atoms with Crippen molar-refractivity contribution in [2.75, 3.05) is 7.11 Å². The predicted octanol–water partition coefficient (Wildman–Crippen LogP) is 1.69. The number of aliphatic imine (C=N–C) groups is 1. The topological polar surface area (TPSA) is 102 Å². The zero-order valence-electron chi connectivity index (χ0n) is 15.7. The number of thioether (sulfide) groups is 1. The van der Waals surface area contributed by atoms with Crippen LogP contribution in [0.4, 0.5) is 0 Å². The van der Waals surface area contributed by atoms with E-state index in [1.165, 1.54) is 11.8 Å². The van der Waals surface area contributed by atoms with Gasteiger partial charge in [0.25, 0.3) is 5.91 Å². The number of nitrogens with zero attached hydrogens (tertiary/aromatic N) is 4. The minimum absolute atomic E-state index is 0.0416. The highest BCUT2D eigenvalue weighted by atomic mass is 32.2. The molecule has 4 rings (SSSR count). The molecule has 0 spiro atoms. The van der Waals surface area contributed by atoms with Gasteiger partial charge in [0.05, 0.1) is 12.8 Å². The molecular weight excluding hydrogens is 380 g/mol. The van der Waals surface area contributed by atoms with Gasteiger partial charge in [0.1, 0.15) is 29.5 Å². The number of hydrogen-bond acceptors (Lipinski definition) is 7. The molecule has 1 aromatic heterocycles. The molecule has 2 unspecified atom stereocenters. The second-order valence-corrected chi connectivity index (χ2v) is 7.57. The first kappa shape index (κ1) is 18.5. The molecule has 28 heavy (non-hydrogen) atoms. The Hall–Kier alpha value is -2.85. The van der Waals surface area contributed by atoms with Crippen molar-refractivity contribution in [3.63, 3.8) is 0 Å². The molecule has 2 aliphatic rings. The van der Waals surface area contributed by atoms with Gasteiger partial charge in [-0.3, -0.25) is 19.8 Å². The van der Waals surface area contributed by atoms with Crippen LogP contribution >= 0.6 is 11.8 Å². The maximum Gasteiger partial charge on any atom is 0.261 e. The number of carbonyl (C=O) groups is 1. The Morgan fingerprint density at radius 2 is 2.18 bits per heavy atom. The summed E-state index contributed by atoms with van der Waals surface area (Å²) in [6.45, 7) is 3.90. The van der Waals surface area contributed by atoms with Crippen LogP contribution in [0.5, 0.6) is 5.75 Å². The van der Waals surface area contributed by atoms with E-state index in [1.54, 1.807) is 11.8 Å². The van der Waals surface area contributed by atoms with Crippen LogP contribution in [0.15, 0.2) is 40.4 Å². The minimum atomic E-state index is -0.257. The van der Waals surface area contributed by atoms with Crippen molar-refractivity contribution in [1.82, 2.24) is 20.7 Å². The van der Waals surface area contributed by atoms with Crippen LogP contribution in [0, 0.1) is 13.8 Å². The van der Waals surface area contributed by atoms with Crippen LogP contribution in [-0.2, 0) is 16.2 Å². The summed E-state index contributed by atoms with van der Waals surface area (Å²) >= 11 is 1.44. The molecule has 0 radical (unpaired) electrons. The lowest BCUT2D eigenvalue weighted by molar-refractivity contribution is -0.121. The molecule has 0 bridgehead atoms. The Morgan fingerprint density at radius 1 is 1.39 bits per heavy atom. The molecule has 3 heterocycles. The second kappa shape index (κ2) is 7.64. The number of hydrazone groups is 1. The molecule has 10 heteroatoms. The number of amides is 1. The van der Waals surface area contributed by atoms with Crippen LogP contribution in [-0.4, -0.2) is 39.1 Å². The Labute approximate surface area is 166 Å². The Kier molecular flexibility index (Phi) is 5.05. The molecule has 2 aliphatic heterocycles. The predicted molar refractivity (Wildman–Crippen MR) is 106 cm³/mol. The zero-order chi connectivity index (χ0) is 19.7. The van der Waals surface area contributed by atoms with Gasteiger partial charge >= 0.3 is 0 Å². The van der Waals surface area contributed by atoms with E-state index in [2.05, 4.69) is 26.1 Å². The highest BCUT2D eigenvalue weighted by molar-refractivity contribution is 8.15. The van der Waals surface area contributed by atoms with E-state index in [-0.39, 0.29) is 23.8 Å². The van der Waals surface area contributed by atoms with Crippen molar-refractivity contribution in [2.45, 2.75) is 31.7 Å². The van der Waals surface area contributed by atoms with Gasteiger partial charge in [-0.15, -0.1) is 5.10 Å². The molecule has 1 saturated heterocycles. The summed E-state index contributed by atoms with van der Waals surface area (Å²) in [5, 5.41) is 8.84. The third kappa shape index (κ3) is 3.73. The summed E-state index contributed by atoms with van der Waals surface area (Å²) in [5.74, 6) is 1.22. The first-order chi connectivity index (χ1) is 13.5. The Morgan fingerprint density at radius 3 is 2.86 bits per heavy atom. The average Bonchev–Trinajstić information content (AvgIpc) is 3.34. The van der Waals surface area contributed by atoms with Crippen molar-refractivity contribution in [1.29, 1.82) is 0 Å². The van der Waals surface area contributed by atoms with Gasteiger partial charge in [-0.2, -0.15) is 5.10 Å². The number of carbonyl (C=O) groups excluding carboxylic acids is 1. The number of hydrogen-bond donors (Lipinski definition) is 2. The minimum Gasteiger partial charge on any atom is -0.497 e. The standard InChI is InChI=1S/C18H20N6O3S/c1-10-8-11(2)24(22-10)9-14(25)20-21-18-19-17-16(28-18)15(27-23-17)12-4-6-13(26-3)7-5-12/h4-8,15-16H,9H2,1-3H3,(H,20,25)(H,19,21,23). The molecule has 9 nitrogen and oxygen atoms in total. The largest absolute Gasteiger partial charge is 0.497 e. The molecule has 0 aliphatic carbocycles. The summed E-state index contributed by atoms with van der Waals surface area (Å²) in [6, 6.07) is 9.62. The van der Waals surface area contributed by atoms with Crippen molar-refractivity contribution in [2.24, 2.45) is 10.1 Å². The van der Waals surface area contributed by atoms with Crippen molar-refractivity contribution >= 4 is 28.7 Å². The lowest BCUT2D eigenvalue weighted by atomic mass is 10.1. The van der Waals surface area contributed by atoms with E-state index in [0.29, 0.717) is 11.0 Å². The van der Waals surface area contributed by atoms with E-state index in [9.17, 15) is 4.79 Å². The highest BCUT2D eigenvalue weighted by Gasteiger charge is 2.41. The first-order valence-electron chi connectivity index (χ1n) is 8.72. The van der Waals surface area contributed by atoms with Gasteiger partial charge in [0, 0.05) is 5.69 Å². The fourth-order valence-electron chi connectivity index (χ4n) is 3.04. The smallest absolute Gasteiger partial charge is 0.261 e. The quantitative estimate of drug-likeness (QED) is 0.741. The third-order valence-electron chi connectivity index (χ3n) is 4.40. The number of aromatic nitrogens is 2. The van der Waals surface area contributed by atoms with Gasteiger partial charge in [-0.1, -0.05) is 23.9 Å². The summed E-state index contributed by atoms with van der Waals surface area (Å²) < 4.78 is 6.83. The number of amidine groups is 2. The SMILES string of the molecule is COc1ccc(C2ONC3=N/C(=N/NC(=O)Cn4nc(C)cc4C)SC32)cc1. The summed E-state index contributed by atoms with van der Waals surface area (Å²) in [6.07, 6.45) is -0.201. The maximum absolute atomic E-state index is 12.1. The lowest BCUT2D eigenvalue weighted by Crippen LogP contribution is -2.25. The van der Waals surface area contributed by atoms with Gasteiger partial charge in [-0.05, 0) is 37.6 Å². The molecule has 0 saturated carbocycles. The number of aryl methyl sites for hydroxylation is 2. The first-order valence-corrected chi connectivity index (χ1v) is 9.60. The van der Waals surface area contributed by atoms with E-state index >= 15 is 0 Å². The number of hydroxylamine groups is 1. The van der Waals surface area contributed by atoms with Gasteiger partial charge in [-0.25, -0.2) is 10.4 Å². The number of methoxy groups -OCH3 is 1. The fourth-order valence-corrected chi connectivity index (χ4v) is 4.06. The van der Waals surface area contributed by atoms with Crippen LogP contribution in [0.1, 0.15) is 23.1 Å². The Balaban J connectivity index is 1.38. The molecule has 146 valence electrons. The third-order valence-corrected chi connectivity index (χ3v) is 5.52. The van der Waals surface area contributed by atoms with E-state index in [4.69, 9.17) is 9.57 Å². The Bertz CT molecular complexity index is 953. The van der Waals surface area contributed by atoms with E-state index in [1.807, 2.05) is 44.2 Å². The highest BCUT2D eigenvalue weighted by Crippen LogP contribution is 2.38. The molecule has 1 fully saturated rings. The number of benzene rings is 1. The van der Waals surface area contributed by atoms with Crippen molar-refractivity contribution in [3.8, 4) is 5.75 Å². The lowest BCUT2D eigenvalue weighted by Gasteiger charge is -2.13. The second-order valence-electron chi connectivity index (χ2n) is 6.46. The summed E-state index contributed by atoms with van der Waals surface area (Å²) in [4.78, 5) is 22.2. The molecule has 1 amide bonds. The van der Waals surface area contributed by atoms with E-state index < -0.39 is 0 Å². The molecule has 2 aromatic rings. The monoisotopic (exact) mass is 400 g/mol. The molecule has 2 N–H and O–H groups in total. The fraction of sp³-hybridized carbons (Fsp3) is 0.333. The number of nitrogens with one attached hydrogen (secondary N) is 2. The van der Waals surface area contributed by atoms with Crippen LogP contribution < -0.4 is 15.6 Å². The summed E-state index contributed by atoms with van der Waals surface area (Å²) in [5.41, 5.74) is 8.20. The number of fused-ring (bicyclic) bond motifs is 1. The number of ether oxygens (including phenoxy) is 1. The van der Waals surface area contributed by atoms with Gasteiger partial charge < -0.3 is 4.74 Å².